The summed E-state index contributed by atoms with van der Waals surface area (Å²) in [6.45, 7) is 8.16. The SMILES string of the molecule is CC.CCc1nc2ccccc2n2cnc(C)c12. The van der Waals surface area contributed by atoms with Crippen LogP contribution < -0.4 is 0 Å². The number of nitrogens with zero attached hydrogens (tertiary/aromatic N) is 3. The first kappa shape index (κ1) is 12.6. The van der Waals surface area contributed by atoms with E-state index in [0.717, 1.165) is 34.4 Å². The molecule has 2 aromatic heterocycles. The molecule has 0 saturated heterocycles. The highest BCUT2D eigenvalue weighted by Crippen LogP contribution is 2.20. The van der Waals surface area contributed by atoms with Crippen LogP contribution in [0.5, 0.6) is 0 Å². The van der Waals surface area contributed by atoms with Crippen molar-refractivity contribution in [2.75, 3.05) is 0 Å². The van der Waals surface area contributed by atoms with Crippen LogP contribution in [-0.4, -0.2) is 14.4 Å². The van der Waals surface area contributed by atoms with Gasteiger partial charge in [0.1, 0.15) is 6.33 Å². The molecule has 0 aliphatic rings. The Bertz CT molecular complexity index is 668. The molecule has 0 aliphatic carbocycles. The lowest BCUT2D eigenvalue weighted by Gasteiger charge is -2.06. The van der Waals surface area contributed by atoms with Crippen molar-refractivity contribution in [2.45, 2.75) is 34.1 Å². The first-order valence-corrected chi connectivity index (χ1v) is 6.52. The molecule has 0 fully saturated rings. The summed E-state index contributed by atoms with van der Waals surface area (Å²) in [6.07, 6.45) is 2.81. The van der Waals surface area contributed by atoms with Crippen molar-refractivity contribution in [3.05, 3.63) is 42.0 Å². The predicted octanol–water partition coefficient (Wildman–Crippen LogP) is 3.78. The van der Waals surface area contributed by atoms with Crippen LogP contribution in [0, 0.1) is 6.92 Å². The second kappa shape index (κ2) is 5.17. The van der Waals surface area contributed by atoms with Gasteiger partial charge < -0.3 is 0 Å². The normalized spacial score (nSPS) is 10.4. The van der Waals surface area contributed by atoms with Crippen molar-refractivity contribution in [3.8, 4) is 0 Å². The molecule has 3 nitrogen and oxygen atoms in total. The van der Waals surface area contributed by atoms with E-state index < -0.39 is 0 Å². The second-order valence-electron chi connectivity index (χ2n) is 3.95. The van der Waals surface area contributed by atoms with Crippen LogP contribution in [-0.2, 0) is 6.42 Å². The van der Waals surface area contributed by atoms with E-state index in [9.17, 15) is 0 Å². The van der Waals surface area contributed by atoms with Gasteiger partial charge in [-0.3, -0.25) is 4.40 Å². The highest BCUT2D eigenvalue weighted by Gasteiger charge is 2.09. The Morgan fingerprint density at radius 3 is 2.61 bits per heavy atom. The van der Waals surface area contributed by atoms with Crippen molar-refractivity contribution in [3.63, 3.8) is 0 Å². The molecule has 0 spiro atoms. The van der Waals surface area contributed by atoms with E-state index in [-0.39, 0.29) is 0 Å². The molecular formula is C15H19N3. The summed E-state index contributed by atoms with van der Waals surface area (Å²) in [5.74, 6) is 0. The van der Waals surface area contributed by atoms with Gasteiger partial charge in [-0.2, -0.15) is 0 Å². The summed E-state index contributed by atoms with van der Waals surface area (Å²) < 4.78 is 2.14. The van der Waals surface area contributed by atoms with Gasteiger partial charge in [-0.05, 0) is 25.5 Å². The van der Waals surface area contributed by atoms with Gasteiger partial charge in [0.15, 0.2) is 0 Å². The minimum atomic E-state index is 0.931. The zero-order chi connectivity index (χ0) is 13.1. The number of imidazole rings is 1. The summed E-state index contributed by atoms with van der Waals surface area (Å²) in [7, 11) is 0. The van der Waals surface area contributed by atoms with E-state index >= 15 is 0 Å². The third-order valence-electron chi connectivity index (χ3n) is 2.96. The van der Waals surface area contributed by atoms with E-state index in [1.165, 1.54) is 0 Å². The summed E-state index contributed by atoms with van der Waals surface area (Å²) in [5.41, 5.74) is 5.48. The minimum absolute atomic E-state index is 0.931. The molecule has 2 heterocycles. The molecule has 0 amide bonds. The number of fused-ring (bicyclic) bond motifs is 3. The third kappa shape index (κ3) is 1.86. The first-order chi connectivity index (χ1) is 8.81. The van der Waals surface area contributed by atoms with Crippen LogP contribution >= 0.6 is 0 Å². The lowest BCUT2D eigenvalue weighted by molar-refractivity contribution is 1.04. The third-order valence-corrected chi connectivity index (χ3v) is 2.96. The molecule has 0 unspecified atom stereocenters. The van der Waals surface area contributed by atoms with Gasteiger partial charge in [-0.25, -0.2) is 9.97 Å². The van der Waals surface area contributed by atoms with Crippen molar-refractivity contribution >= 4 is 16.6 Å². The molecule has 0 saturated carbocycles. The maximum Gasteiger partial charge on any atom is 0.100 e. The summed E-state index contributed by atoms with van der Waals surface area (Å²) in [4.78, 5) is 9.07. The molecule has 0 radical (unpaired) electrons. The van der Waals surface area contributed by atoms with Crippen molar-refractivity contribution in [1.29, 1.82) is 0 Å². The Hall–Kier alpha value is -1.90. The van der Waals surface area contributed by atoms with Gasteiger partial charge in [0.25, 0.3) is 0 Å². The number of rotatable bonds is 1. The van der Waals surface area contributed by atoms with Crippen LogP contribution in [0.25, 0.3) is 16.6 Å². The fourth-order valence-electron chi connectivity index (χ4n) is 2.18. The number of hydrogen-bond acceptors (Lipinski definition) is 2. The van der Waals surface area contributed by atoms with Gasteiger partial charge in [-0.1, -0.05) is 32.9 Å². The Morgan fingerprint density at radius 2 is 1.89 bits per heavy atom. The minimum Gasteiger partial charge on any atom is -0.295 e. The predicted molar refractivity (Wildman–Crippen MR) is 76.0 cm³/mol. The molecular weight excluding hydrogens is 222 g/mol. The van der Waals surface area contributed by atoms with Crippen LogP contribution in [0.15, 0.2) is 30.6 Å². The lowest BCUT2D eigenvalue weighted by Crippen LogP contribution is -1.97. The highest BCUT2D eigenvalue weighted by atomic mass is 15.0. The van der Waals surface area contributed by atoms with Crippen LogP contribution in [0.1, 0.15) is 32.2 Å². The van der Waals surface area contributed by atoms with E-state index in [1.54, 1.807) is 0 Å². The molecule has 3 heteroatoms. The topological polar surface area (TPSA) is 30.2 Å². The lowest BCUT2D eigenvalue weighted by atomic mass is 10.2. The van der Waals surface area contributed by atoms with Crippen LogP contribution in [0.2, 0.25) is 0 Å². The Morgan fingerprint density at radius 1 is 1.17 bits per heavy atom. The molecule has 0 bridgehead atoms. The largest absolute Gasteiger partial charge is 0.295 e. The molecule has 0 aliphatic heterocycles. The summed E-state index contributed by atoms with van der Waals surface area (Å²) in [5, 5.41) is 0. The number of aryl methyl sites for hydroxylation is 2. The van der Waals surface area contributed by atoms with Gasteiger partial charge in [-0.15, -0.1) is 0 Å². The van der Waals surface area contributed by atoms with E-state index in [4.69, 9.17) is 4.98 Å². The van der Waals surface area contributed by atoms with Crippen molar-refractivity contribution in [2.24, 2.45) is 0 Å². The Balaban J connectivity index is 0.000000574. The monoisotopic (exact) mass is 241 g/mol. The molecule has 3 rings (SSSR count). The molecule has 1 aromatic carbocycles. The maximum atomic E-state index is 4.69. The Labute approximate surface area is 108 Å². The van der Waals surface area contributed by atoms with E-state index in [1.807, 2.05) is 45.3 Å². The molecule has 94 valence electrons. The standard InChI is InChI=1S/C13H13N3.C2H6/c1-3-10-13-9(2)14-8-16(13)12-7-5-4-6-11(12)15-10;1-2/h4-8H,3H2,1-2H3;1-2H3. The average molecular weight is 241 g/mol. The number of hydrogen-bond donors (Lipinski definition) is 0. The van der Waals surface area contributed by atoms with Crippen molar-refractivity contribution < 1.29 is 0 Å². The Kier molecular flexibility index (Phi) is 3.60. The number of benzene rings is 1. The van der Waals surface area contributed by atoms with E-state index in [2.05, 4.69) is 22.4 Å². The molecule has 18 heavy (non-hydrogen) atoms. The van der Waals surface area contributed by atoms with Gasteiger partial charge in [0.05, 0.1) is 27.9 Å². The molecule has 0 N–H and O–H groups in total. The quantitative estimate of drug-likeness (QED) is 0.649. The number of aromatic nitrogens is 3. The molecule has 3 aromatic rings. The van der Waals surface area contributed by atoms with Gasteiger partial charge >= 0.3 is 0 Å². The second-order valence-corrected chi connectivity index (χ2v) is 3.95. The van der Waals surface area contributed by atoms with Crippen molar-refractivity contribution in [1.82, 2.24) is 14.4 Å². The van der Waals surface area contributed by atoms with Crippen LogP contribution in [0.4, 0.5) is 0 Å². The summed E-state index contributed by atoms with van der Waals surface area (Å²) in [6, 6.07) is 8.17. The zero-order valence-corrected chi connectivity index (χ0v) is 11.4. The highest BCUT2D eigenvalue weighted by molar-refractivity contribution is 5.80. The smallest absolute Gasteiger partial charge is 0.100 e. The van der Waals surface area contributed by atoms with Gasteiger partial charge in [0, 0.05) is 0 Å². The summed E-state index contributed by atoms with van der Waals surface area (Å²) >= 11 is 0. The zero-order valence-electron chi connectivity index (χ0n) is 11.4. The van der Waals surface area contributed by atoms with E-state index in [0.29, 0.717) is 0 Å². The first-order valence-electron chi connectivity index (χ1n) is 6.52. The van der Waals surface area contributed by atoms with Gasteiger partial charge in [0.2, 0.25) is 0 Å². The van der Waals surface area contributed by atoms with Crippen LogP contribution in [0.3, 0.4) is 0 Å². The maximum absolute atomic E-state index is 4.69. The molecule has 0 atom stereocenters. The number of para-hydroxylation sites is 2. The fraction of sp³-hybridized carbons (Fsp3) is 0.333. The average Bonchev–Trinajstić information content (AvgIpc) is 2.83. The fourth-order valence-corrected chi connectivity index (χ4v) is 2.18.